The highest BCUT2D eigenvalue weighted by atomic mass is 32.2. The number of thioether (sulfide) groups is 1. The Hall–Kier alpha value is 0.310. The van der Waals surface area contributed by atoms with Crippen LogP contribution in [0.15, 0.2) is 0 Å². The van der Waals surface area contributed by atoms with Gasteiger partial charge in [0, 0.05) is 6.04 Å². The van der Waals surface area contributed by atoms with Gasteiger partial charge in [-0.25, -0.2) is 0 Å². The topological polar surface area (TPSA) is 12.0 Å². The maximum absolute atomic E-state index is 3.52. The van der Waals surface area contributed by atoms with Gasteiger partial charge in [0.1, 0.15) is 0 Å². The van der Waals surface area contributed by atoms with E-state index >= 15 is 0 Å². The van der Waals surface area contributed by atoms with Gasteiger partial charge in [-0.05, 0) is 37.3 Å². The van der Waals surface area contributed by atoms with Crippen molar-refractivity contribution in [3.8, 4) is 0 Å². The molecule has 0 bridgehead atoms. The first-order chi connectivity index (χ1) is 6.35. The van der Waals surface area contributed by atoms with Gasteiger partial charge in [-0.2, -0.15) is 11.8 Å². The molecule has 80 valence electrons. The van der Waals surface area contributed by atoms with Crippen LogP contribution in [0, 0.1) is 0 Å². The van der Waals surface area contributed by atoms with Gasteiger partial charge >= 0.3 is 0 Å². The summed E-state index contributed by atoms with van der Waals surface area (Å²) in [4.78, 5) is 0. The molecular weight excluding hydrogens is 178 g/mol. The molecule has 0 saturated carbocycles. The zero-order valence-electron chi connectivity index (χ0n) is 9.44. The number of unbranched alkanes of at least 4 members (excludes halogenated alkanes) is 1. The minimum atomic E-state index is 0.761. The first kappa shape index (κ1) is 13.3. The van der Waals surface area contributed by atoms with Gasteiger partial charge < -0.3 is 5.32 Å². The minimum Gasteiger partial charge on any atom is -0.314 e. The Bertz CT molecular complexity index is 96.1. The highest BCUT2D eigenvalue weighted by Gasteiger charge is 2.02. The van der Waals surface area contributed by atoms with E-state index in [9.17, 15) is 0 Å². The Morgan fingerprint density at radius 3 is 2.46 bits per heavy atom. The van der Waals surface area contributed by atoms with Gasteiger partial charge in [0.05, 0.1) is 0 Å². The molecule has 0 aromatic heterocycles. The highest BCUT2D eigenvalue weighted by Crippen LogP contribution is 2.08. The summed E-state index contributed by atoms with van der Waals surface area (Å²) in [7, 11) is 0. The van der Waals surface area contributed by atoms with Crippen molar-refractivity contribution < 1.29 is 0 Å². The van der Waals surface area contributed by atoms with Crippen molar-refractivity contribution >= 4 is 11.8 Å². The number of rotatable bonds is 9. The SMILES string of the molecule is CCNC(CC)CCCCSCC. The van der Waals surface area contributed by atoms with E-state index in [0.717, 1.165) is 12.6 Å². The van der Waals surface area contributed by atoms with E-state index in [1.807, 2.05) is 0 Å². The molecule has 0 saturated heterocycles. The summed E-state index contributed by atoms with van der Waals surface area (Å²) in [5.41, 5.74) is 0. The van der Waals surface area contributed by atoms with Crippen molar-refractivity contribution in [2.75, 3.05) is 18.1 Å². The van der Waals surface area contributed by atoms with Gasteiger partial charge in [-0.1, -0.05) is 27.2 Å². The number of hydrogen-bond donors (Lipinski definition) is 1. The molecule has 1 unspecified atom stereocenters. The third kappa shape index (κ3) is 8.63. The van der Waals surface area contributed by atoms with Crippen LogP contribution in [-0.4, -0.2) is 24.1 Å². The lowest BCUT2D eigenvalue weighted by atomic mass is 10.1. The largest absolute Gasteiger partial charge is 0.314 e. The maximum Gasteiger partial charge on any atom is 0.00643 e. The fourth-order valence-corrected chi connectivity index (χ4v) is 2.18. The Labute approximate surface area is 88.1 Å². The summed E-state index contributed by atoms with van der Waals surface area (Å²) in [5, 5.41) is 3.52. The summed E-state index contributed by atoms with van der Waals surface area (Å²) in [6.45, 7) is 7.81. The molecule has 1 atom stereocenters. The molecule has 0 aliphatic carbocycles. The highest BCUT2D eigenvalue weighted by molar-refractivity contribution is 7.99. The van der Waals surface area contributed by atoms with Crippen molar-refractivity contribution in [3.63, 3.8) is 0 Å². The molecule has 1 nitrogen and oxygen atoms in total. The normalized spacial score (nSPS) is 13.2. The second-order valence-electron chi connectivity index (χ2n) is 3.36. The van der Waals surface area contributed by atoms with Crippen LogP contribution < -0.4 is 5.32 Å². The molecule has 0 rings (SSSR count). The molecule has 0 spiro atoms. The first-order valence-electron chi connectivity index (χ1n) is 5.66. The second-order valence-corrected chi connectivity index (χ2v) is 4.75. The molecule has 1 N–H and O–H groups in total. The fraction of sp³-hybridized carbons (Fsp3) is 1.00. The predicted molar refractivity (Wildman–Crippen MR) is 64.6 cm³/mol. The standard InChI is InChI=1S/C11H25NS/c1-4-11(12-5-2)9-7-8-10-13-6-3/h11-12H,4-10H2,1-3H3. The lowest BCUT2D eigenvalue weighted by Gasteiger charge is -2.14. The Kier molecular flexibility index (Phi) is 10.6. The molecule has 0 radical (unpaired) electrons. The molecule has 2 heteroatoms. The van der Waals surface area contributed by atoms with Crippen LogP contribution in [0.1, 0.15) is 46.5 Å². The summed E-state index contributed by atoms with van der Waals surface area (Å²) in [6.07, 6.45) is 5.41. The van der Waals surface area contributed by atoms with Gasteiger partial charge in [-0.3, -0.25) is 0 Å². The molecule has 0 heterocycles. The van der Waals surface area contributed by atoms with Crippen molar-refractivity contribution in [2.45, 2.75) is 52.5 Å². The van der Waals surface area contributed by atoms with Gasteiger partial charge in [0.25, 0.3) is 0 Å². The average molecular weight is 203 g/mol. The molecule has 0 aromatic carbocycles. The van der Waals surface area contributed by atoms with Crippen LogP contribution in [0.3, 0.4) is 0 Å². The smallest absolute Gasteiger partial charge is 0.00643 e. The van der Waals surface area contributed by atoms with Crippen LogP contribution in [0.4, 0.5) is 0 Å². The Morgan fingerprint density at radius 1 is 1.15 bits per heavy atom. The Balaban J connectivity index is 3.17. The van der Waals surface area contributed by atoms with Crippen LogP contribution >= 0.6 is 11.8 Å². The van der Waals surface area contributed by atoms with E-state index in [4.69, 9.17) is 0 Å². The third-order valence-electron chi connectivity index (χ3n) is 2.28. The lowest BCUT2D eigenvalue weighted by molar-refractivity contribution is 0.465. The average Bonchev–Trinajstić information content (AvgIpc) is 2.16. The van der Waals surface area contributed by atoms with Crippen LogP contribution in [0.25, 0.3) is 0 Å². The zero-order valence-corrected chi connectivity index (χ0v) is 10.3. The summed E-state index contributed by atoms with van der Waals surface area (Å²) in [5.74, 6) is 2.61. The van der Waals surface area contributed by atoms with E-state index in [2.05, 4.69) is 37.8 Å². The fourth-order valence-electron chi connectivity index (χ4n) is 1.48. The van der Waals surface area contributed by atoms with Crippen molar-refractivity contribution in [1.82, 2.24) is 5.32 Å². The lowest BCUT2D eigenvalue weighted by Crippen LogP contribution is -2.27. The zero-order chi connectivity index (χ0) is 9.94. The molecule has 0 aliphatic rings. The predicted octanol–water partition coefficient (Wildman–Crippen LogP) is 3.30. The molecular formula is C11H25NS. The van der Waals surface area contributed by atoms with Gasteiger partial charge in [-0.15, -0.1) is 0 Å². The summed E-state index contributed by atoms with van der Waals surface area (Å²) in [6, 6.07) is 0.761. The van der Waals surface area contributed by atoms with Crippen LogP contribution in [-0.2, 0) is 0 Å². The van der Waals surface area contributed by atoms with E-state index < -0.39 is 0 Å². The van der Waals surface area contributed by atoms with Gasteiger partial charge in [0.15, 0.2) is 0 Å². The van der Waals surface area contributed by atoms with Crippen molar-refractivity contribution in [2.24, 2.45) is 0 Å². The quantitative estimate of drug-likeness (QED) is 0.577. The molecule has 0 amide bonds. The third-order valence-corrected chi connectivity index (χ3v) is 3.27. The van der Waals surface area contributed by atoms with Gasteiger partial charge in [0.2, 0.25) is 0 Å². The van der Waals surface area contributed by atoms with E-state index in [1.54, 1.807) is 0 Å². The van der Waals surface area contributed by atoms with E-state index in [-0.39, 0.29) is 0 Å². The maximum atomic E-state index is 3.52. The van der Waals surface area contributed by atoms with E-state index in [1.165, 1.54) is 37.2 Å². The molecule has 0 fully saturated rings. The minimum absolute atomic E-state index is 0.761. The first-order valence-corrected chi connectivity index (χ1v) is 6.81. The number of hydrogen-bond acceptors (Lipinski definition) is 2. The summed E-state index contributed by atoms with van der Waals surface area (Å²) < 4.78 is 0. The molecule has 13 heavy (non-hydrogen) atoms. The van der Waals surface area contributed by atoms with E-state index in [0.29, 0.717) is 0 Å². The van der Waals surface area contributed by atoms with Crippen molar-refractivity contribution in [3.05, 3.63) is 0 Å². The number of nitrogens with one attached hydrogen (secondary N) is 1. The van der Waals surface area contributed by atoms with Crippen molar-refractivity contribution in [1.29, 1.82) is 0 Å². The van der Waals surface area contributed by atoms with Crippen LogP contribution in [0.2, 0.25) is 0 Å². The summed E-state index contributed by atoms with van der Waals surface area (Å²) >= 11 is 2.06. The molecule has 0 aromatic rings. The molecule has 0 aliphatic heterocycles. The Morgan fingerprint density at radius 2 is 1.92 bits per heavy atom. The monoisotopic (exact) mass is 203 g/mol. The second kappa shape index (κ2) is 10.4. The van der Waals surface area contributed by atoms with Crippen LogP contribution in [0.5, 0.6) is 0 Å².